The fourth-order valence-corrected chi connectivity index (χ4v) is 2.19. The van der Waals surface area contributed by atoms with E-state index in [0.29, 0.717) is 13.2 Å². The SMILES string of the molecule is CC(C)NC(=O)C1COCCN1C(=O)c1cc[nH]c(=O)c1. The lowest BCUT2D eigenvalue weighted by molar-refractivity contribution is -0.131. The van der Waals surface area contributed by atoms with Crippen molar-refractivity contribution in [3.63, 3.8) is 0 Å². The van der Waals surface area contributed by atoms with Gasteiger partial charge in [0.15, 0.2) is 0 Å². The number of hydrogen-bond donors (Lipinski definition) is 2. The first kappa shape index (κ1) is 15.2. The van der Waals surface area contributed by atoms with E-state index < -0.39 is 6.04 Å². The number of pyridine rings is 1. The van der Waals surface area contributed by atoms with Gasteiger partial charge in [-0.2, -0.15) is 0 Å². The van der Waals surface area contributed by atoms with Crippen LogP contribution in [0.15, 0.2) is 23.1 Å². The molecule has 1 saturated heterocycles. The summed E-state index contributed by atoms with van der Waals surface area (Å²) in [5.41, 5.74) is -0.0831. The first-order valence-corrected chi connectivity index (χ1v) is 6.87. The second-order valence-corrected chi connectivity index (χ2v) is 5.19. The number of aromatic nitrogens is 1. The Labute approximate surface area is 122 Å². The molecule has 0 aromatic carbocycles. The van der Waals surface area contributed by atoms with E-state index in [1.807, 2.05) is 13.8 Å². The first-order valence-electron chi connectivity index (χ1n) is 6.87. The number of morpholine rings is 1. The summed E-state index contributed by atoms with van der Waals surface area (Å²) in [7, 11) is 0. The van der Waals surface area contributed by atoms with Gasteiger partial charge in [0.05, 0.1) is 13.2 Å². The number of amides is 2. The molecule has 2 N–H and O–H groups in total. The van der Waals surface area contributed by atoms with Gasteiger partial charge < -0.3 is 19.9 Å². The number of aromatic amines is 1. The van der Waals surface area contributed by atoms with Crippen molar-refractivity contribution in [2.24, 2.45) is 0 Å². The van der Waals surface area contributed by atoms with Crippen molar-refractivity contribution in [1.29, 1.82) is 0 Å². The lowest BCUT2D eigenvalue weighted by atomic mass is 10.1. The molecule has 1 aromatic heterocycles. The van der Waals surface area contributed by atoms with Crippen LogP contribution in [0.4, 0.5) is 0 Å². The Balaban J connectivity index is 2.20. The number of carbonyl (C=O) groups excluding carboxylic acids is 2. The van der Waals surface area contributed by atoms with Crippen LogP contribution >= 0.6 is 0 Å². The quantitative estimate of drug-likeness (QED) is 0.803. The van der Waals surface area contributed by atoms with E-state index in [1.165, 1.54) is 23.2 Å². The standard InChI is InChI=1S/C14H19N3O4/c1-9(2)16-13(19)11-8-21-6-5-17(11)14(20)10-3-4-15-12(18)7-10/h3-4,7,9,11H,5-6,8H2,1-2H3,(H,15,18)(H,16,19). The van der Waals surface area contributed by atoms with Crippen LogP contribution in [0.1, 0.15) is 24.2 Å². The highest BCUT2D eigenvalue weighted by molar-refractivity contribution is 5.97. The number of nitrogens with zero attached hydrogens (tertiary/aromatic N) is 1. The van der Waals surface area contributed by atoms with Gasteiger partial charge in [0.2, 0.25) is 11.5 Å². The minimum atomic E-state index is -0.673. The van der Waals surface area contributed by atoms with Crippen LogP contribution in [-0.2, 0) is 9.53 Å². The van der Waals surface area contributed by atoms with Gasteiger partial charge >= 0.3 is 0 Å². The van der Waals surface area contributed by atoms with Crippen molar-refractivity contribution < 1.29 is 14.3 Å². The topological polar surface area (TPSA) is 91.5 Å². The Kier molecular flexibility index (Phi) is 4.74. The molecule has 1 unspecified atom stereocenters. The Morgan fingerprint density at radius 3 is 2.90 bits per heavy atom. The van der Waals surface area contributed by atoms with Gasteiger partial charge in [-0.25, -0.2) is 0 Å². The predicted molar refractivity (Wildman–Crippen MR) is 76.0 cm³/mol. The average Bonchev–Trinajstić information content (AvgIpc) is 2.46. The molecule has 1 aliphatic heterocycles. The first-order chi connectivity index (χ1) is 9.99. The van der Waals surface area contributed by atoms with E-state index in [1.54, 1.807) is 0 Å². The van der Waals surface area contributed by atoms with Crippen molar-refractivity contribution in [1.82, 2.24) is 15.2 Å². The molecule has 0 bridgehead atoms. The molecule has 0 spiro atoms. The molecule has 2 amide bonds. The number of H-pyrrole nitrogens is 1. The third kappa shape index (κ3) is 3.69. The summed E-state index contributed by atoms with van der Waals surface area (Å²) in [4.78, 5) is 39.9. The van der Waals surface area contributed by atoms with E-state index in [2.05, 4.69) is 10.3 Å². The highest BCUT2D eigenvalue weighted by atomic mass is 16.5. The van der Waals surface area contributed by atoms with Crippen molar-refractivity contribution >= 4 is 11.8 Å². The van der Waals surface area contributed by atoms with Gasteiger partial charge in [-0.3, -0.25) is 14.4 Å². The molecule has 1 aromatic rings. The van der Waals surface area contributed by atoms with Gasteiger partial charge in [-0.15, -0.1) is 0 Å². The average molecular weight is 293 g/mol. The summed E-state index contributed by atoms with van der Waals surface area (Å²) in [6.07, 6.45) is 1.42. The zero-order chi connectivity index (χ0) is 15.4. The van der Waals surface area contributed by atoms with Gasteiger partial charge in [0.1, 0.15) is 6.04 Å². The second kappa shape index (κ2) is 6.53. The minimum Gasteiger partial charge on any atom is -0.377 e. The van der Waals surface area contributed by atoms with Crippen molar-refractivity contribution in [2.75, 3.05) is 19.8 Å². The molecule has 7 nitrogen and oxygen atoms in total. The van der Waals surface area contributed by atoms with Gasteiger partial charge in [-0.05, 0) is 19.9 Å². The lowest BCUT2D eigenvalue weighted by Crippen LogP contribution is -2.56. The van der Waals surface area contributed by atoms with Crippen LogP contribution in [0.3, 0.4) is 0 Å². The minimum absolute atomic E-state index is 0.0176. The number of ether oxygens (including phenoxy) is 1. The van der Waals surface area contributed by atoms with Crippen molar-refractivity contribution in [3.05, 3.63) is 34.2 Å². The van der Waals surface area contributed by atoms with Crippen molar-refractivity contribution in [2.45, 2.75) is 25.9 Å². The van der Waals surface area contributed by atoms with E-state index in [-0.39, 0.29) is 35.6 Å². The van der Waals surface area contributed by atoms with Crippen LogP contribution in [0.2, 0.25) is 0 Å². The molecule has 0 aliphatic carbocycles. The smallest absolute Gasteiger partial charge is 0.254 e. The van der Waals surface area contributed by atoms with E-state index in [0.717, 1.165) is 0 Å². The summed E-state index contributed by atoms with van der Waals surface area (Å²) in [5, 5.41) is 2.78. The Hall–Kier alpha value is -2.15. The molecular weight excluding hydrogens is 274 g/mol. The van der Waals surface area contributed by atoms with E-state index in [9.17, 15) is 14.4 Å². The molecule has 1 atom stereocenters. The number of nitrogens with one attached hydrogen (secondary N) is 2. The zero-order valence-electron chi connectivity index (χ0n) is 12.1. The maximum atomic E-state index is 12.5. The third-order valence-electron chi connectivity index (χ3n) is 3.14. The molecule has 21 heavy (non-hydrogen) atoms. The molecule has 2 rings (SSSR count). The summed E-state index contributed by atoms with van der Waals surface area (Å²) in [5.74, 6) is -0.587. The summed E-state index contributed by atoms with van der Waals surface area (Å²) >= 11 is 0. The maximum absolute atomic E-state index is 12.5. The summed E-state index contributed by atoms with van der Waals surface area (Å²) in [6, 6.07) is 2.06. The predicted octanol–water partition coefficient (Wildman–Crippen LogP) is -0.259. The highest BCUT2D eigenvalue weighted by Gasteiger charge is 2.33. The molecule has 1 aliphatic rings. The monoisotopic (exact) mass is 293 g/mol. The number of hydrogen-bond acceptors (Lipinski definition) is 4. The number of carbonyl (C=O) groups is 2. The second-order valence-electron chi connectivity index (χ2n) is 5.19. The Bertz CT molecular complexity index is 582. The summed E-state index contributed by atoms with van der Waals surface area (Å²) < 4.78 is 5.30. The molecule has 0 saturated carbocycles. The third-order valence-corrected chi connectivity index (χ3v) is 3.14. The number of rotatable bonds is 3. The maximum Gasteiger partial charge on any atom is 0.254 e. The molecule has 1 fully saturated rings. The van der Waals surface area contributed by atoms with Crippen LogP contribution in [0, 0.1) is 0 Å². The largest absolute Gasteiger partial charge is 0.377 e. The van der Waals surface area contributed by atoms with Crippen LogP contribution < -0.4 is 10.9 Å². The normalized spacial score (nSPS) is 18.6. The van der Waals surface area contributed by atoms with Crippen LogP contribution in [-0.4, -0.2) is 53.5 Å². The van der Waals surface area contributed by atoms with E-state index in [4.69, 9.17) is 4.74 Å². The molecule has 7 heteroatoms. The van der Waals surface area contributed by atoms with E-state index >= 15 is 0 Å². The lowest BCUT2D eigenvalue weighted by Gasteiger charge is -2.35. The Morgan fingerprint density at radius 1 is 1.48 bits per heavy atom. The Morgan fingerprint density at radius 2 is 2.24 bits per heavy atom. The fraction of sp³-hybridized carbons (Fsp3) is 0.500. The molecule has 2 heterocycles. The molecular formula is C14H19N3O4. The zero-order valence-corrected chi connectivity index (χ0v) is 12.1. The molecule has 114 valence electrons. The van der Waals surface area contributed by atoms with Gasteiger partial charge in [-0.1, -0.05) is 0 Å². The van der Waals surface area contributed by atoms with Crippen molar-refractivity contribution in [3.8, 4) is 0 Å². The van der Waals surface area contributed by atoms with Gasteiger partial charge in [0.25, 0.3) is 5.91 Å². The van der Waals surface area contributed by atoms with Gasteiger partial charge in [0, 0.05) is 30.4 Å². The van der Waals surface area contributed by atoms with Crippen LogP contribution in [0.25, 0.3) is 0 Å². The molecule has 0 radical (unpaired) electrons. The fourth-order valence-electron chi connectivity index (χ4n) is 2.19. The van der Waals surface area contributed by atoms with Crippen LogP contribution in [0.5, 0.6) is 0 Å². The highest BCUT2D eigenvalue weighted by Crippen LogP contribution is 2.12. The summed E-state index contributed by atoms with van der Waals surface area (Å²) in [6.45, 7) is 4.56.